The molecular weight excluding hydrogens is 481 g/mol. The van der Waals surface area contributed by atoms with E-state index in [0.717, 1.165) is 17.7 Å². The number of sulfonamides is 1. The van der Waals surface area contributed by atoms with Crippen LogP contribution in [0, 0.1) is 0 Å². The summed E-state index contributed by atoms with van der Waals surface area (Å²) in [5, 5.41) is 2.66. The number of halogens is 3. The van der Waals surface area contributed by atoms with E-state index in [0.29, 0.717) is 17.5 Å². The van der Waals surface area contributed by atoms with Crippen molar-refractivity contribution in [1.82, 2.24) is 0 Å². The number of carbonyl (C=O) groups excluding carboxylic acids is 1. The first-order valence-corrected chi connectivity index (χ1v) is 12.2. The quantitative estimate of drug-likeness (QED) is 0.390. The van der Waals surface area contributed by atoms with Gasteiger partial charge in [0.15, 0.2) is 6.10 Å². The standard InChI is InChI=1S/C25H25F3N2O4S/c1-16(2)22-9-4-5-10-23(22)34-17(3)24(31)29-19-11-13-21(14-12-19)35(32,33)30-20-8-6-7-18(15-20)25(26,27)28/h4-17,30H,1-3H3,(H,29,31)/t17-/m1/s1. The number of hydrogen-bond acceptors (Lipinski definition) is 4. The van der Waals surface area contributed by atoms with Gasteiger partial charge in [0.05, 0.1) is 10.5 Å². The maximum Gasteiger partial charge on any atom is 0.416 e. The first kappa shape index (κ1) is 26.1. The van der Waals surface area contributed by atoms with Crippen molar-refractivity contribution in [2.45, 2.75) is 43.9 Å². The second kappa shape index (κ2) is 10.4. The molecule has 0 aliphatic heterocycles. The molecule has 1 amide bonds. The first-order chi connectivity index (χ1) is 16.4. The number of anilines is 2. The number of nitrogens with one attached hydrogen (secondary N) is 2. The molecule has 6 nitrogen and oxygen atoms in total. The van der Waals surface area contributed by atoms with Crippen LogP contribution in [0.3, 0.4) is 0 Å². The highest BCUT2D eigenvalue weighted by molar-refractivity contribution is 7.92. The van der Waals surface area contributed by atoms with Crippen molar-refractivity contribution >= 4 is 27.3 Å². The number of alkyl halides is 3. The summed E-state index contributed by atoms with van der Waals surface area (Å²) in [6.45, 7) is 5.64. The van der Waals surface area contributed by atoms with Crippen molar-refractivity contribution in [2.24, 2.45) is 0 Å². The van der Waals surface area contributed by atoms with Crippen LogP contribution >= 0.6 is 0 Å². The molecule has 0 radical (unpaired) electrons. The van der Waals surface area contributed by atoms with Crippen LogP contribution < -0.4 is 14.8 Å². The van der Waals surface area contributed by atoms with Gasteiger partial charge < -0.3 is 10.1 Å². The van der Waals surface area contributed by atoms with Gasteiger partial charge in [-0.1, -0.05) is 38.1 Å². The number of rotatable bonds is 8. The van der Waals surface area contributed by atoms with Gasteiger partial charge in [0.2, 0.25) is 0 Å². The molecule has 0 aliphatic rings. The van der Waals surface area contributed by atoms with Crippen molar-refractivity contribution in [3.05, 3.63) is 83.9 Å². The van der Waals surface area contributed by atoms with Gasteiger partial charge in [-0.3, -0.25) is 9.52 Å². The minimum absolute atomic E-state index is 0.178. The Morgan fingerprint density at radius 2 is 1.54 bits per heavy atom. The molecule has 2 N–H and O–H groups in total. The van der Waals surface area contributed by atoms with E-state index in [4.69, 9.17) is 4.74 Å². The predicted molar refractivity (Wildman–Crippen MR) is 128 cm³/mol. The number of carbonyl (C=O) groups is 1. The van der Waals surface area contributed by atoms with Crippen LogP contribution in [0.5, 0.6) is 5.75 Å². The lowest BCUT2D eigenvalue weighted by Gasteiger charge is -2.18. The predicted octanol–water partition coefficient (Wildman–Crippen LogP) is 6.04. The molecule has 3 aromatic rings. The van der Waals surface area contributed by atoms with Crippen LogP contribution in [-0.4, -0.2) is 20.4 Å². The highest BCUT2D eigenvalue weighted by Gasteiger charge is 2.30. The van der Waals surface area contributed by atoms with E-state index >= 15 is 0 Å². The fourth-order valence-electron chi connectivity index (χ4n) is 3.24. The molecule has 1 atom stereocenters. The Labute approximate surface area is 202 Å². The molecule has 35 heavy (non-hydrogen) atoms. The molecule has 3 rings (SSSR count). The second-order valence-electron chi connectivity index (χ2n) is 8.15. The van der Waals surface area contributed by atoms with Crippen molar-refractivity contribution < 1.29 is 31.1 Å². The maximum atomic E-state index is 12.9. The second-order valence-corrected chi connectivity index (χ2v) is 9.83. The van der Waals surface area contributed by atoms with Gasteiger partial charge in [-0.05, 0) is 66.9 Å². The SMILES string of the molecule is CC(C)c1ccccc1O[C@H](C)C(=O)Nc1ccc(S(=O)(=O)Nc2cccc(C(F)(F)F)c2)cc1. The molecule has 0 aliphatic carbocycles. The maximum absolute atomic E-state index is 12.9. The Hall–Kier alpha value is -3.53. The Morgan fingerprint density at radius 1 is 0.886 bits per heavy atom. The zero-order chi connectivity index (χ0) is 25.8. The van der Waals surface area contributed by atoms with E-state index in [1.807, 2.05) is 32.0 Å². The average molecular weight is 507 g/mol. The average Bonchev–Trinajstić information content (AvgIpc) is 2.79. The van der Waals surface area contributed by atoms with Crippen molar-refractivity contribution in [2.75, 3.05) is 10.0 Å². The van der Waals surface area contributed by atoms with Gasteiger partial charge in [-0.2, -0.15) is 13.2 Å². The molecule has 0 unspecified atom stereocenters. The van der Waals surface area contributed by atoms with Crippen molar-refractivity contribution in [3.63, 3.8) is 0 Å². The Morgan fingerprint density at radius 3 is 2.17 bits per heavy atom. The lowest BCUT2D eigenvalue weighted by atomic mass is 10.0. The molecule has 3 aromatic carbocycles. The number of hydrogen-bond donors (Lipinski definition) is 2. The third kappa shape index (κ3) is 6.75. The molecule has 0 saturated heterocycles. The van der Waals surface area contributed by atoms with E-state index in [1.165, 1.54) is 30.3 Å². The summed E-state index contributed by atoms with van der Waals surface area (Å²) >= 11 is 0. The molecule has 0 saturated carbocycles. The summed E-state index contributed by atoms with van der Waals surface area (Å²) in [5.41, 5.74) is 0.114. The summed E-state index contributed by atoms with van der Waals surface area (Å²) in [6, 6.07) is 16.6. The van der Waals surface area contributed by atoms with Gasteiger partial charge in [0, 0.05) is 11.4 Å². The normalized spacial score (nSPS) is 12.8. The summed E-state index contributed by atoms with van der Waals surface area (Å²) < 4.78 is 71.8. The van der Waals surface area contributed by atoms with Crippen LogP contribution in [0.25, 0.3) is 0 Å². The minimum Gasteiger partial charge on any atom is -0.481 e. The van der Waals surface area contributed by atoms with Gasteiger partial charge in [0.25, 0.3) is 15.9 Å². The van der Waals surface area contributed by atoms with Gasteiger partial charge >= 0.3 is 6.18 Å². The van der Waals surface area contributed by atoms with E-state index < -0.39 is 33.8 Å². The lowest BCUT2D eigenvalue weighted by molar-refractivity contribution is -0.137. The van der Waals surface area contributed by atoms with Crippen LogP contribution in [0.15, 0.2) is 77.7 Å². The highest BCUT2D eigenvalue weighted by Crippen LogP contribution is 2.31. The Kier molecular flexibility index (Phi) is 7.74. The lowest BCUT2D eigenvalue weighted by Crippen LogP contribution is -2.30. The Bertz CT molecular complexity index is 1290. The summed E-state index contributed by atoms with van der Waals surface area (Å²) in [6.07, 6.45) is -5.42. The topological polar surface area (TPSA) is 84.5 Å². The molecule has 0 spiro atoms. The highest BCUT2D eigenvalue weighted by atomic mass is 32.2. The van der Waals surface area contributed by atoms with Gasteiger partial charge in [-0.15, -0.1) is 0 Å². The summed E-state index contributed by atoms with van der Waals surface area (Å²) in [7, 11) is -4.15. The van der Waals surface area contributed by atoms with Crippen LogP contribution in [0.1, 0.15) is 37.8 Å². The monoisotopic (exact) mass is 506 g/mol. The van der Waals surface area contributed by atoms with E-state index in [1.54, 1.807) is 13.0 Å². The number of ether oxygens (including phenoxy) is 1. The summed E-state index contributed by atoms with van der Waals surface area (Å²) in [4.78, 5) is 12.4. The molecule has 0 bridgehead atoms. The smallest absolute Gasteiger partial charge is 0.416 e. The largest absolute Gasteiger partial charge is 0.481 e. The molecule has 0 fully saturated rings. The third-order valence-electron chi connectivity index (χ3n) is 5.09. The first-order valence-electron chi connectivity index (χ1n) is 10.7. The molecular formula is C25H25F3N2O4S. The van der Waals surface area contributed by atoms with E-state index in [2.05, 4.69) is 10.0 Å². The van der Waals surface area contributed by atoms with E-state index in [-0.39, 0.29) is 16.5 Å². The molecule has 0 aromatic heterocycles. The van der Waals surface area contributed by atoms with Crippen LogP contribution in [0.4, 0.5) is 24.5 Å². The number of para-hydroxylation sites is 1. The van der Waals surface area contributed by atoms with E-state index in [9.17, 15) is 26.4 Å². The van der Waals surface area contributed by atoms with Crippen molar-refractivity contribution in [1.29, 1.82) is 0 Å². The fourth-order valence-corrected chi connectivity index (χ4v) is 4.29. The minimum atomic E-state index is -4.60. The van der Waals surface area contributed by atoms with Gasteiger partial charge in [0.1, 0.15) is 5.75 Å². The fraction of sp³-hybridized carbons (Fsp3) is 0.240. The van der Waals surface area contributed by atoms with Crippen molar-refractivity contribution in [3.8, 4) is 5.75 Å². The summed E-state index contributed by atoms with van der Waals surface area (Å²) in [5.74, 6) is 0.383. The molecule has 10 heteroatoms. The zero-order valence-corrected chi connectivity index (χ0v) is 20.1. The zero-order valence-electron chi connectivity index (χ0n) is 19.3. The Balaban J connectivity index is 1.67. The van der Waals surface area contributed by atoms with Crippen LogP contribution in [-0.2, 0) is 21.0 Å². The molecule has 186 valence electrons. The van der Waals surface area contributed by atoms with Crippen LogP contribution in [0.2, 0.25) is 0 Å². The molecule has 0 heterocycles. The third-order valence-corrected chi connectivity index (χ3v) is 6.49. The number of amides is 1. The van der Waals surface area contributed by atoms with Gasteiger partial charge in [-0.25, -0.2) is 8.42 Å². The number of benzene rings is 3.